The van der Waals surface area contributed by atoms with Gasteiger partial charge in [0.05, 0.1) is 0 Å². The van der Waals surface area contributed by atoms with Gasteiger partial charge in [0.1, 0.15) is 5.75 Å². The van der Waals surface area contributed by atoms with Crippen LogP contribution in [0.5, 0.6) is 5.75 Å². The molecule has 0 atom stereocenters. The van der Waals surface area contributed by atoms with Crippen molar-refractivity contribution in [3.63, 3.8) is 0 Å². The first-order chi connectivity index (χ1) is 4.84. The fraction of sp³-hybridized carbons (Fsp3) is 0.250. The highest BCUT2D eigenvalue weighted by Gasteiger charge is 1.93. The fourth-order valence-corrected chi connectivity index (χ4v) is 1.23. The average molecular weight is 150 g/mol. The molecule has 0 N–H and O–H groups in total. The summed E-state index contributed by atoms with van der Waals surface area (Å²) in [4.78, 5) is 0. The van der Waals surface area contributed by atoms with Crippen LogP contribution >= 0.6 is 0 Å². The molecule has 0 aliphatic heterocycles. The molecule has 1 aromatic rings. The van der Waals surface area contributed by atoms with Crippen LogP contribution in [0.3, 0.4) is 0 Å². The molecule has 0 aliphatic rings. The number of hydrogen-bond donors (Lipinski definition) is 0. The zero-order chi connectivity index (χ0) is 7.40. The monoisotopic (exact) mass is 150 g/mol. The Morgan fingerprint density at radius 2 is 2.00 bits per heavy atom. The lowest BCUT2D eigenvalue weighted by molar-refractivity contribution is 0.594. The van der Waals surface area contributed by atoms with E-state index in [0.717, 1.165) is 5.75 Å². The Bertz CT molecular complexity index is 210. The topological polar surface area (TPSA) is 9.23 Å². The smallest absolute Gasteiger partial charge is 0.307 e. The predicted octanol–water partition coefficient (Wildman–Crippen LogP) is 2.04. The number of benzene rings is 1. The molecule has 1 aromatic carbocycles. The van der Waals surface area contributed by atoms with Crippen LogP contribution in [0.4, 0.5) is 0 Å². The Kier molecular flexibility index (Phi) is 2.51. The van der Waals surface area contributed by atoms with Gasteiger partial charge in [-0.05, 0) is 25.1 Å². The lowest BCUT2D eigenvalue weighted by Crippen LogP contribution is -1.96. The second kappa shape index (κ2) is 3.42. The van der Waals surface area contributed by atoms with Gasteiger partial charge in [-0.15, -0.1) is 0 Å². The van der Waals surface area contributed by atoms with Crippen molar-refractivity contribution in [2.75, 3.05) is 0 Å². The zero-order valence-electron chi connectivity index (χ0n) is 6.22. The quantitative estimate of drug-likeness (QED) is 0.586. The molecule has 0 saturated heterocycles. The van der Waals surface area contributed by atoms with Crippen LogP contribution in [0, 0.1) is 6.92 Å². The molecule has 10 heavy (non-hydrogen) atoms. The van der Waals surface area contributed by atoms with Gasteiger partial charge >= 0.3 is 9.76 Å². The summed E-state index contributed by atoms with van der Waals surface area (Å²) < 4.78 is 5.36. The largest absolute Gasteiger partial charge is 0.541 e. The van der Waals surface area contributed by atoms with Gasteiger partial charge in [-0.25, -0.2) is 0 Å². The minimum Gasteiger partial charge on any atom is -0.541 e. The van der Waals surface area contributed by atoms with Gasteiger partial charge in [-0.2, -0.15) is 0 Å². The van der Waals surface area contributed by atoms with Crippen molar-refractivity contribution in [1.29, 1.82) is 0 Å². The summed E-state index contributed by atoms with van der Waals surface area (Å²) >= 11 is 0. The Morgan fingerprint density at radius 1 is 1.30 bits per heavy atom. The standard InChI is InChI=1S/C8H10OSi/c1-7-5-3-4-6-8(7)9-10-2/h3-6H,1-2H3. The summed E-state index contributed by atoms with van der Waals surface area (Å²) in [6.07, 6.45) is 0. The van der Waals surface area contributed by atoms with E-state index in [1.807, 2.05) is 24.7 Å². The summed E-state index contributed by atoms with van der Waals surface area (Å²) in [7, 11) is 0.532. The van der Waals surface area contributed by atoms with E-state index in [1.54, 1.807) is 0 Å². The molecule has 0 unspecified atom stereocenters. The van der Waals surface area contributed by atoms with Crippen LogP contribution in [0.1, 0.15) is 5.56 Å². The number of aryl methyl sites for hydroxylation is 1. The Morgan fingerprint density at radius 3 is 2.60 bits per heavy atom. The molecule has 1 nitrogen and oxygen atoms in total. The van der Waals surface area contributed by atoms with E-state index >= 15 is 0 Å². The third-order valence-corrected chi connectivity index (χ3v) is 1.73. The Labute approximate surface area is 64.0 Å². The van der Waals surface area contributed by atoms with Crippen molar-refractivity contribution >= 4 is 9.76 Å². The minimum atomic E-state index is 0.532. The molecule has 2 heteroatoms. The maximum atomic E-state index is 5.36. The van der Waals surface area contributed by atoms with Crippen molar-refractivity contribution < 1.29 is 4.43 Å². The van der Waals surface area contributed by atoms with Gasteiger partial charge in [0, 0.05) is 0 Å². The average Bonchev–Trinajstić information content (AvgIpc) is 1.94. The van der Waals surface area contributed by atoms with Gasteiger partial charge < -0.3 is 4.43 Å². The zero-order valence-corrected chi connectivity index (χ0v) is 7.22. The van der Waals surface area contributed by atoms with Gasteiger partial charge in [0.15, 0.2) is 0 Å². The molecule has 0 aromatic heterocycles. The van der Waals surface area contributed by atoms with Gasteiger partial charge in [0.2, 0.25) is 0 Å². The van der Waals surface area contributed by atoms with Gasteiger partial charge in [-0.1, -0.05) is 18.2 Å². The van der Waals surface area contributed by atoms with E-state index in [1.165, 1.54) is 5.56 Å². The highest BCUT2D eigenvalue weighted by molar-refractivity contribution is 6.26. The van der Waals surface area contributed by atoms with Crippen LogP contribution in [-0.2, 0) is 0 Å². The molecule has 0 fully saturated rings. The van der Waals surface area contributed by atoms with E-state index in [2.05, 4.69) is 13.0 Å². The van der Waals surface area contributed by atoms with Gasteiger partial charge in [0.25, 0.3) is 0 Å². The normalized spacial score (nSPS) is 9.40. The van der Waals surface area contributed by atoms with Crippen molar-refractivity contribution in [1.82, 2.24) is 0 Å². The third-order valence-electron chi connectivity index (χ3n) is 1.31. The summed E-state index contributed by atoms with van der Waals surface area (Å²) in [5, 5.41) is 0. The summed E-state index contributed by atoms with van der Waals surface area (Å²) in [5.41, 5.74) is 1.21. The summed E-state index contributed by atoms with van der Waals surface area (Å²) in [5.74, 6) is 1.00. The second-order valence-corrected chi connectivity index (χ2v) is 2.68. The van der Waals surface area contributed by atoms with Crippen molar-refractivity contribution in [2.24, 2.45) is 0 Å². The van der Waals surface area contributed by atoms with Crippen LogP contribution in [-0.4, -0.2) is 9.76 Å². The van der Waals surface area contributed by atoms with Crippen molar-refractivity contribution in [3.05, 3.63) is 29.8 Å². The maximum Gasteiger partial charge on any atom is 0.307 e. The van der Waals surface area contributed by atoms with Crippen LogP contribution < -0.4 is 4.43 Å². The Hall–Kier alpha value is -0.763. The number of para-hydroxylation sites is 1. The molecule has 0 amide bonds. The molecular weight excluding hydrogens is 140 g/mol. The van der Waals surface area contributed by atoms with E-state index in [4.69, 9.17) is 4.43 Å². The van der Waals surface area contributed by atoms with Crippen molar-refractivity contribution in [3.8, 4) is 5.75 Å². The maximum absolute atomic E-state index is 5.36. The summed E-state index contributed by atoms with van der Waals surface area (Å²) in [6.45, 7) is 4.07. The third kappa shape index (κ3) is 1.61. The highest BCUT2D eigenvalue weighted by atomic mass is 28.2. The predicted molar refractivity (Wildman–Crippen MR) is 43.4 cm³/mol. The molecule has 0 saturated carbocycles. The highest BCUT2D eigenvalue weighted by Crippen LogP contribution is 2.14. The van der Waals surface area contributed by atoms with E-state index in [9.17, 15) is 0 Å². The number of hydrogen-bond acceptors (Lipinski definition) is 1. The van der Waals surface area contributed by atoms with E-state index in [0.29, 0.717) is 9.76 Å². The van der Waals surface area contributed by atoms with Crippen LogP contribution in [0.25, 0.3) is 0 Å². The van der Waals surface area contributed by atoms with Gasteiger partial charge in [-0.3, -0.25) is 0 Å². The molecular formula is C8H10OSi. The number of rotatable bonds is 2. The molecule has 0 heterocycles. The van der Waals surface area contributed by atoms with Crippen molar-refractivity contribution in [2.45, 2.75) is 13.5 Å². The van der Waals surface area contributed by atoms with E-state index in [-0.39, 0.29) is 0 Å². The fourth-order valence-electron chi connectivity index (χ4n) is 0.781. The first kappa shape index (κ1) is 7.35. The molecule has 1 rings (SSSR count). The SMILES string of the molecule is C[Si]Oc1ccccc1C. The van der Waals surface area contributed by atoms with Crippen LogP contribution in [0.2, 0.25) is 6.55 Å². The minimum absolute atomic E-state index is 0.532. The van der Waals surface area contributed by atoms with E-state index < -0.39 is 0 Å². The lowest BCUT2D eigenvalue weighted by Gasteiger charge is -2.04. The Balaban J connectivity index is 2.81. The second-order valence-electron chi connectivity index (χ2n) is 2.07. The first-order valence-corrected chi connectivity index (χ1v) is 4.64. The summed E-state index contributed by atoms with van der Waals surface area (Å²) in [6, 6.07) is 8.05. The molecule has 0 aliphatic carbocycles. The first-order valence-electron chi connectivity index (χ1n) is 3.24. The molecule has 0 bridgehead atoms. The van der Waals surface area contributed by atoms with Crippen LogP contribution in [0.15, 0.2) is 24.3 Å². The lowest BCUT2D eigenvalue weighted by atomic mass is 10.2. The molecule has 0 spiro atoms. The molecule has 2 radical (unpaired) electrons. The molecule has 52 valence electrons.